The minimum absolute atomic E-state index is 0. The van der Waals surface area contributed by atoms with Gasteiger partial charge in [-0.25, -0.2) is 9.07 Å². The van der Waals surface area contributed by atoms with Crippen LogP contribution in [-0.2, 0) is 6.42 Å². The number of rotatable bonds is 8. The molecule has 0 aliphatic carbocycles. The monoisotopic (exact) mass is 563 g/mol. The van der Waals surface area contributed by atoms with Crippen LogP contribution < -0.4 is 10.6 Å². The van der Waals surface area contributed by atoms with Crippen LogP contribution in [0.5, 0.6) is 0 Å². The minimum Gasteiger partial charge on any atom is -0.386 e. The number of aliphatic hydroxyl groups is 1. The molecule has 0 bridgehead atoms. The van der Waals surface area contributed by atoms with E-state index in [1.807, 2.05) is 25.3 Å². The fourth-order valence-corrected chi connectivity index (χ4v) is 3.70. The molecule has 6 nitrogen and oxygen atoms in total. The average Bonchev–Trinajstić information content (AvgIpc) is 3.36. The molecular weight excluding hydrogens is 540 g/mol. The van der Waals surface area contributed by atoms with E-state index in [0.29, 0.717) is 29.8 Å². The molecule has 2 aromatic heterocycles. The summed E-state index contributed by atoms with van der Waals surface area (Å²) in [5.74, 6) is 0.361. The summed E-state index contributed by atoms with van der Waals surface area (Å²) in [5, 5.41) is 21.2. The highest BCUT2D eigenvalue weighted by atomic mass is 127. The van der Waals surface area contributed by atoms with Gasteiger partial charge < -0.3 is 15.7 Å². The number of aliphatic hydroxyl groups excluding tert-OH is 1. The molecule has 0 spiro atoms. The highest BCUT2D eigenvalue weighted by Crippen LogP contribution is 2.26. The van der Waals surface area contributed by atoms with Crippen molar-refractivity contribution in [3.8, 4) is 5.69 Å². The quantitative estimate of drug-likeness (QED) is 0.219. The lowest BCUT2D eigenvalue weighted by Crippen LogP contribution is -2.38. The minimum atomic E-state index is -0.686. The largest absolute Gasteiger partial charge is 0.386 e. The van der Waals surface area contributed by atoms with Crippen LogP contribution in [0.2, 0.25) is 4.34 Å². The average molecular weight is 564 g/mol. The Labute approximate surface area is 201 Å². The number of benzene rings is 1. The number of aliphatic imine (C=N–C) groups is 1. The predicted molar refractivity (Wildman–Crippen MR) is 131 cm³/mol. The van der Waals surface area contributed by atoms with Crippen LogP contribution in [0, 0.1) is 5.82 Å². The molecular formula is C20H24ClFIN5OS. The number of hydrogen-bond acceptors (Lipinski definition) is 4. The van der Waals surface area contributed by atoms with E-state index in [0.717, 1.165) is 16.3 Å². The lowest BCUT2D eigenvalue weighted by Gasteiger charge is -2.12. The van der Waals surface area contributed by atoms with Crippen LogP contribution in [0.4, 0.5) is 4.39 Å². The second kappa shape index (κ2) is 12.2. The molecule has 1 unspecified atom stereocenters. The second-order valence-electron chi connectivity index (χ2n) is 6.28. The molecule has 1 atom stereocenters. The molecule has 0 radical (unpaired) electrons. The fraction of sp³-hybridized carbons (Fsp3) is 0.300. The number of thiophene rings is 1. The summed E-state index contributed by atoms with van der Waals surface area (Å²) < 4.78 is 15.4. The van der Waals surface area contributed by atoms with Crippen LogP contribution in [0.3, 0.4) is 0 Å². The van der Waals surface area contributed by atoms with Gasteiger partial charge in [-0.15, -0.1) is 35.3 Å². The molecule has 3 aromatic rings. The van der Waals surface area contributed by atoms with Gasteiger partial charge in [-0.3, -0.25) is 4.99 Å². The summed E-state index contributed by atoms with van der Waals surface area (Å²) in [7, 11) is 0. The van der Waals surface area contributed by atoms with Crippen molar-refractivity contribution in [1.82, 2.24) is 20.4 Å². The molecule has 162 valence electrons. The van der Waals surface area contributed by atoms with E-state index in [1.165, 1.54) is 23.5 Å². The van der Waals surface area contributed by atoms with Crippen molar-refractivity contribution in [2.24, 2.45) is 4.99 Å². The molecule has 0 aliphatic heterocycles. The number of nitrogens with one attached hydrogen (secondary N) is 2. The van der Waals surface area contributed by atoms with Gasteiger partial charge in [0.2, 0.25) is 0 Å². The zero-order valence-corrected chi connectivity index (χ0v) is 20.3. The molecule has 3 rings (SSSR count). The number of hydrogen-bond donors (Lipinski definition) is 3. The lowest BCUT2D eigenvalue weighted by atomic mass is 10.3. The Hall–Kier alpha value is -1.69. The molecule has 3 N–H and O–H groups in total. The Bertz CT molecular complexity index is 947. The summed E-state index contributed by atoms with van der Waals surface area (Å²) in [5.41, 5.74) is 1.72. The summed E-state index contributed by atoms with van der Waals surface area (Å²) in [4.78, 5) is 5.23. The molecule has 30 heavy (non-hydrogen) atoms. The third-order valence-electron chi connectivity index (χ3n) is 4.10. The molecule has 10 heteroatoms. The molecule has 0 amide bonds. The maximum absolute atomic E-state index is 13.0. The van der Waals surface area contributed by atoms with Gasteiger partial charge in [0, 0.05) is 30.6 Å². The highest BCUT2D eigenvalue weighted by Gasteiger charge is 2.10. The first-order valence-corrected chi connectivity index (χ1v) is 10.5. The molecule has 2 heterocycles. The zero-order chi connectivity index (χ0) is 20.6. The van der Waals surface area contributed by atoms with Crippen molar-refractivity contribution < 1.29 is 9.50 Å². The van der Waals surface area contributed by atoms with Crippen molar-refractivity contribution in [1.29, 1.82) is 0 Å². The molecule has 0 saturated heterocycles. The number of aromatic nitrogens is 2. The van der Waals surface area contributed by atoms with Crippen molar-refractivity contribution in [2.45, 2.75) is 19.4 Å². The van der Waals surface area contributed by atoms with Gasteiger partial charge in [0.05, 0.1) is 22.3 Å². The first-order valence-electron chi connectivity index (χ1n) is 9.31. The van der Waals surface area contributed by atoms with E-state index in [4.69, 9.17) is 11.6 Å². The molecule has 1 aromatic carbocycles. The van der Waals surface area contributed by atoms with Gasteiger partial charge in [0.25, 0.3) is 0 Å². The Kier molecular flexibility index (Phi) is 10.0. The van der Waals surface area contributed by atoms with Crippen LogP contribution in [0.15, 0.2) is 53.7 Å². The van der Waals surface area contributed by atoms with E-state index in [9.17, 15) is 9.50 Å². The highest BCUT2D eigenvalue weighted by molar-refractivity contribution is 14.0. The van der Waals surface area contributed by atoms with E-state index < -0.39 is 6.10 Å². The first-order chi connectivity index (χ1) is 14.0. The maximum Gasteiger partial charge on any atom is 0.191 e. The summed E-state index contributed by atoms with van der Waals surface area (Å²) >= 11 is 7.27. The smallest absolute Gasteiger partial charge is 0.191 e. The Morgan fingerprint density at radius 2 is 2.00 bits per heavy atom. The Balaban J connectivity index is 0.00000320. The Morgan fingerprint density at radius 3 is 2.67 bits per heavy atom. The maximum atomic E-state index is 13.0. The van der Waals surface area contributed by atoms with Crippen LogP contribution >= 0.6 is 46.9 Å². The molecule has 0 fully saturated rings. The van der Waals surface area contributed by atoms with Gasteiger partial charge in [-0.2, -0.15) is 5.10 Å². The number of halogens is 3. The topological polar surface area (TPSA) is 74.5 Å². The predicted octanol–water partition coefficient (Wildman–Crippen LogP) is 4.18. The standard InChI is InChI=1S/C20H23ClFN5OS.HI/c1-2-23-20(25-13-17(28)18-7-8-19(21)29-18)24-11-9-15-10-12-27(26-15)16-5-3-14(22)4-6-16;/h3-8,10,12,17,28H,2,9,11,13H2,1H3,(H2,23,24,25);1H. The summed E-state index contributed by atoms with van der Waals surface area (Å²) in [6.45, 7) is 3.57. The molecule has 0 saturated carbocycles. The van der Waals surface area contributed by atoms with Crippen molar-refractivity contribution >= 4 is 52.9 Å². The van der Waals surface area contributed by atoms with Gasteiger partial charge in [-0.05, 0) is 49.4 Å². The third kappa shape index (κ3) is 7.22. The van der Waals surface area contributed by atoms with Gasteiger partial charge >= 0.3 is 0 Å². The zero-order valence-electron chi connectivity index (χ0n) is 16.4. The fourth-order valence-electron chi connectivity index (χ4n) is 2.66. The lowest BCUT2D eigenvalue weighted by molar-refractivity contribution is 0.191. The SMILES string of the molecule is CCNC(=NCC(O)c1ccc(Cl)s1)NCCc1ccn(-c2ccc(F)cc2)n1.I. The summed E-state index contributed by atoms with van der Waals surface area (Å²) in [6.07, 6.45) is 1.86. The number of guanidine groups is 1. The van der Waals surface area contributed by atoms with Crippen LogP contribution in [0.1, 0.15) is 23.6 Å². The molecule has 0 aliphatic rings. The normalized spacial score (nSPS) is 12.3. The van der Waals surface area contributed by atoms with Crippen molar-refractivity contribution in [3.05, 3.63) is 69.4 Å². The second-order valence-corrected chi connectivity index (χ2v) is 8.03. The van der Waals surface area contributed by atoms with E-state index in [-0.39, 0.29) is 36.3 Å². The first kappa shape index (κ1) is 24.6. The summed E-state index contributed by atoms with van der Waals surface area (Å²) in [6, 6.07) is 11.7. The van der Waals surface area contributed by atoms with E-state index in [1.54, 1.807) is 22.9 Å². The van der Waals surface area contributed by atoms with Gasteiger partial charge in [-0.1, -0.05) is 11.6 Å². The van der Waals surface area contributed by atoms with E-state index in [2.05, 4.69) is 20.7 Å². The van der Waals surface area contributed by atoms with Crippen LogP contribution in [-0.4, -0.2) is 40.5 Å². The van der Waals surface area contributed by atoms with Gasteiger partial charge in [0.15, 0.2) is 5.96 Å². The van der Waals surface area contributed by atoms with Crippen molar-refractivity contribution in [3.63, 3.8) is 0 Å². The van der Waals surface area contributed by atoms with E-state index >= 15 is 0 Å². The number of nitrogens with zero attached hydrogens (tertiary/aromatic N) is 3. The van der Waals surface area contributed by atoms with Crippen molar-refractivity contribution in [2.75, 3.05) is 19.6 Å². The third-order valence-corrected chi connectivity index (χ3v) is 5.43. The van der Waals surface area contributed by atoms with Gasteiger partial charge in [0.1, 0.15) is 11.9 Å². The Morgan fingerprint density at radius 1 is 1.23 bits per heavy atom. The van der Waals surface area contributed by atoms with Crippen LogP contribution in [0.25, 0.3) is 5.69 Å².